The molecule has 0 aliphatic heterocycles. The standard InChI is InChI=1S/C27H27N3O/c1-2-7-19(8-3-1)17-31-25-15-22(16-28-25)27-26(21-13-14-21)29-18-30(27)24-12-6-10-20-9-4-5-11-23(20)24/h1-5,7-9,11,15-16,18,21,24,28H,6,10,12-14,17H2. The fraction of sp³-hybridized carbons (Fsp3) is 0.296. The highest BCUT2D eigenvalue weighted by Gasteiger charge is 2.33. The van der Waals surface area contributed by atoms with Crippen LogP contribution in [0.15, 0.2) is 73.2 Å². The monoisotopic (exact) mass is 409 g/mol. The van der Waals surface area contributed by atoms with Gasteiger partial charge in [0, 0.05) is 23.7 Å². The Hall–Kier alpha value is -3.27. The number of hydrogen-bond donors (Lipinski definition) is 1. The molecular formula is C27H27N3O. The minimum absolute atomic E-state index is 0.350. The van der Waals surface area contributed by atoms with Crippen LogP contribution >= 0.6 is 0 Å². The number of nitrogens with zero attached hydrogens (tertiary/aromatic N) is 2. The molecule has 4 heteroatoms. The quantitative estimate of drug-likeness (QED) is 0.408. The Balaban J connectivity index is 1.34. The van der Waals surface area contributed by atoms with Crippen molar-refractivity contribution in [1.82, 2.24) is 14.5 Å². The zero-order chi connectivity index (χ0) is 20.6. The first-order valence-electron chi connectivity index (χ1n) is 11.4. The van der Waals surface area contributed by atoms with E-state index < -0.39 is 0 Å². The minimum Gasteiger partial charge on any atom is -0.474 e. The normalized spacial score (nSPS) is 18.0. The number of ether oxygens (including phenoxy) is 1. The first-order valence-corrected chi connectivity index (χ1v) is 11.4. The summed E-state index contributed by atoms with van der Waals surface area (Å²) in [6.07, 6.45) is 10.2. The van der Waals surface area contributed by atoms with Gasteiger partial charge in [-0.2, -0.15) is 0 Å². The van der Waals surface area contributed by atoms with Crippen LogP contribution in [0.4, 0.5) is 0 Å². The maximum absolute atomic E-state index is 6.04. The van der Waals surface area contributed by atoms with Crippen LogP contribution in [-0.2, 0) is 13.0 Å². The van der Waals surface area contributed by atoms with Gasteiger partial charge in [-0.25, -0.2) is 4.98 Å². The van der Waals surface area contributed by atoms with Crippen molar-refractivity contribution in [3.63, 3.8) is 0 Å². The van der Waals surface area contributed by atoms with Gasteiger partial charge >= 0.3 is 0 Å². The molecule has 0 spiro atoms. The molecule has 156 valence electrons. The molecule has 4 nitrogen and oxygen atoms in total. The molecule has 0 bridgehead atoms. The third-order valence-corrected chi connectivity index (χ3v) is 6.63. The molecule has 31 heavy (non-hydrogen) atoms. The molecule has 2 aromatic heterocycles. The summed E-state index contributed by atoms with van der Waals surface area (Å²) in [5.74, 6) is 1.40. The second-order valence-corrected chi connectivity index (χ2v) is 8.79. The van der Waals surface area contributed by atoms with Crippen LogP contribution in [-0.4, -0.2) is 14.5 Å². The van der Waals surface area contributed by atoms with Crippen LogP contribution in [0.25, 0.3) is 11.3 Å². The molecule has 1 saturated carbocycles. The maximum Gasteiger partial charge on any atom is 0.191 e. The summed E-state index contributed by atoms with van der Waals surface area (Å²) < 4.78 is 8.47. The van der Waals surface area contributed by atoms with Gasteiger partial charge < -0.3 is 14.3 Å². The molecule has 1 unspecified atom stereocenters. The van der Waals surface area contributed by atoms with Gasteiger partial charge in [0.25, 0.3) is 0 Å². The summed E-state index contributed by atoms with van der Waals surface area (Å²) in [5, 5.41) is 0. The lowest BCUT2D eigenvalue weighted by Gasteiger charge is -2.28. The Morgan fingerprint density at radius 3 is 2.71 bits per heavy atom. The number of benzene rings is 2. The van der Waals surface area contributed by atoms with Crippen LogP contribution in [0.1, 0.15) is 60.0 Å². The van der Waals surface area contributed by atoms with Crippen LogP contribution < -0.4 is 4.74 Å². The smallest absolute Gasteiger partial charge is 0.191 e. The van der Waals surface area contributed by atoms with Crippen LogP contribution in [0, 0.1) is 0 Å². The second-order valence-electron chi connectivity index (χ2n) is 8.79. The average molecular weight is 410 g/mol. The number of imidazole rings is 1. The van der Waals surface area contributed by atoms with Gasteiger partial charge in [-0.1, -0.05) is 54.6 Å². The van der Waals surface area contributed by atoms with Crippen LogP contribution in [0.5, 0.6) is 5.88 Å². The van der Waals surface area contributed by atoms with Crippen LogP contribution in [0.3, 0.4) is 0 Å². The molecule has 4 aromatic rings. The molecule has 1 N–H and O–H groups in total. The first-order chi connectivity index (χ1) is 15.4. The van der Waals surface area contributed by atoms with E-state index in [1.807, 2.05) is 18.2 Å². The van der Waals surface area contributed by atoms with Crippen molar-refractivity contribution < 1.29 is 4.74 Å². The van der Waals surface area contributed by atoms with E-state index in [2.05, 4.69) is 64.5 Å². The first kappa shape index (κ1) is 18.5. The average Bonchev–Trinajstić information content (AvgIpc) is 3.40. The third-order valence-electron chi connectivity index (χ3n) is 6.63. The SMILES string of the molecule is c1ccc(COc2cc(-c3c(C4CC4)ncn3C3CCCc4ccccc43)c[nH]2)cc1. The number of H-pyrrole nitrogens is 1. The van der Waals surface area contributed by atoms with E-state index in [1.165, 1.54) is 59.3 Å². The number of rotatable bonds is 6. The molecule has 2 aliphatic carbocycles. The van der Waals surface area contributed by atoms with E-state index >= 15 is 0 Å². The number of hydrogen-bond acceptors (Lipinski definition) is 2. The van der Waals surface area contributed by atoms with E-state index in [1.54, 1.807) is 0 Å². The molecule has 0 saturated heterocycles. The Labute approximate surface area is 182 Å². The van der Waals surface area contributed by atoms with Crippen molar-refractivity contribution in [2.75, 3.05) is 0 Å². The largest absolute Gasteiger partial charge is 0.474 e. The fourth-order valence-corrected chi connectivity index (χ4v) is 4.91. The number of aryl methyl sites for hydroxylation is 1. The lowest BCUT2D eigenvalue weighted by molar-refractivity contribution is 0.295. The topological polar surface area (TPSA) is 42.8 Å². The number of aromatic amines is 1. The third kappa shape index (κ3) is 3.56. The van der Waals surface area contributed by atoms with Gasteiger partial charge in [-0.05, 0) is 48.8 Å². The van der Waals surface area contributed by atoms with Gasteiger partial charge in [0.2, 0.25) is 0 Å². The van der Waals surface area contributed by atoms with Crippen molar-refractivity contribution >= 4 is 0 Å². The van der Waals surface area contributed by atoms with Crippen molar-refractivity contribution in [2.24, 2.45) is 0 Å². The highest BCUT2D eigenvalue weighted by Crippen LogP contribution is 2.46. The maximum atomic E-state index is 6.04. The number of aromatic nitrogens is 3. The fourth-order valence-electron chi connectivity index (χ4n) is 4.91. The summed E-state index contributed by atoms with van der Waals surface area (Å²) in [6, 6.07) is 21.7. The Kier molecular flexibility index (Phi) is 4.63. The zero-order valence-electron chi connectivity index (χ0n) is 17.6. The van der Waals surface area contributed by atoms with Crippen molar-refractivity contribution in [3.8, 4) is 17.1 Å². The van der Waals surface area contributed by atoms with Gasteiger partial charge in [0.05, 0.1) is 23.8 Å². The van der Waals surface area contributed by atoms with E-state index in [9.17, 15) is 0 Å². The molecule has 2 heterocycles. The number of nitrogens with one attached hydrogen (secondary N) is 1. The van der Waals surface area contributed by atoms with Gasteiger partial charge in [-0.3, -0.25) is 0 Å². The lowest BCUT2D eigenvalue weighted by atomic mass is 9.87. The van der Waals surface area contributed by atoms with E-state index in [0.29, 0.717) is 18.6 Å². The van der Waals surface area contributed by atoms with E-state index in [0.717, 1.165) is 12.3 Å². The van der Waals surface area contributed by atoms with Gasteiger partial charge in [0.15, 0.2) is 5.88 Å². The molecule has 0 radical (unpaired) electrons. The molecule has 1 atom stereocenters. The lowest BCUT2D eigenvalue weighted by Crippen LogP contribution is -2.17. The Morgan fingerprint density at radius 1 is 1.00 bits per heavy atom. The molecule has 0 amide bonds. The highest BCUT2D eigenvalue weighted by atomic mass is 16.5. The summed E-state index contributed by atoms with van der Waals surface area (Å²) in [4.78, 5) is 8.25. The summed E-state index contributed by atoms with van der Waals surface area (Å²) in [7, 11) is 0. The van der Waals surface area contributed by atoms with Gasteiger partial charge in [-0.15, -0.1) is 0 Å². The zero-order valence-corrected chi connectivity index (χ0v) is 17.6. The summed E-state index contributed by atoms with van der Waals surface area (Å²) >= 11 is 0. The van der Waals surface area contributed by atoms with Crippen molar-refractivity contribution in [1.29, 1.82) is 0 Å². The van der Waals surface area contributed by atoms with Crippen molar-refractivity contribution in [2.45, 2.75) is 50.7 Å². The van der Waals surface area contributed by atoms with Crippen LogP contribution in [0.2, 0.25) is 0 Å². The predicted octanol–water partition coefficient (Wildman–Crippen LogP) is 6.26. The van der Waals surface area contributed by atoms with Crippen molar-refractivity contribution in [3.05, 3.63) is 95.6 Å². The molecule has 2 aromatic carbocycles. The second kappa shape index (κ2) is 7.77. The van der Waals surface area contributed by atoms with Gasteiger partial charge in [0.1, 0.15) is 6.61 Å². The van der Waals surface area contributed by atoms with E-state index in [4.69, 9.17) is 9.72 Å². The predicted molar refractivity (Wildman–Crippen MR) is 122 cm³/mol. The van der Waals surface area contributed by atoms with E-state index in [-0.39, 0.29) is 0 Å². The Bertz CT molecular complexity index is 1190. The summed E-state index contributed by atoms with van der Waals surface area (Å²) in [6.45, 7) is 0.561. The highest BCUT2D eigenvalue weighted by molar-refractivity contribution is 5.65. The Morgan fingerprint density at radius 2 is 1.84 bits per heavy atom. The summed E-state index contributed by atoms with van der Waals surface area (Å²) in [5.41, 5.74) is 7.77. The number of fused-ring (bicyclic) bond motifs is 1. The molecule has 6 rings (SSSR count). The molecular weight excluding hydrogens is 382 g/mol. The molecule has 1 fully saturated rings. The minimum atomic E-state index is 0.350. The molecule has 2 aliphatic rings.